The number of rotatable bonds is 26. The second-order valence-corrected chi connectivity index (χ2v) is 16.0. The minimum absolute atomic E-state index is 0.124. The lowest BCUT2D eigenvalue weighted by Gasteiger charge is -2.30. The van der Waals surface area contributed by atoms with Gasteiger partial charge in [0.25, 0.3) is 0 Å². The van der Waals surface area contributed by atoms with Crippen LogP contribution in [0.4, 0.5) is 0 Å². The van der Waals surface area contributed by atoms with Crippen molar-refractivity contribution < 1.29 is 34.0 Å². The van der Waals surface area contributed by atoms with Gasteiger partial charge in [-0.15, -0.1) is 0 Å². The molecule has 0 aliphatic heterocycles. The van der Waals surface area contributed by atoms with Crippen molar-refractivity contribution in [2.24, 2.45) is 5.41 Å². The summed E-state index contributed by atoms with van der Waals surface area (Å²) in [4.78, 5) is 24.3. The highest BCUT2D eigenvalue weighted by molar-refractivity contribution is 5.87. The van der Waals surface area contributed by atoms with Crippen LogP contribution in [0.5, 0.6) is 5.75 Å². The highest BCUT2D eigenvalue weighted by Crippen LogP contribution is 2.36. The van der Waals surface area contributed by atoms with Gasteiger partial charge in [0.05, 0.1) is 33.0 Å². The number of carbonyl (C=O) groups excluding carboxylic acids is 2. The standard InChI is InChI=1S/C52H66O7/c1-7-9-11-14-40-17-19-41(20-18-40)42-21-23-43(24-22-42)44-25-27-45(28-26-44)48-34-46(15-12-31-58-50(55)38(3)4)49(47(35-48)16-13-32-59-51(56)39(5)6)57-33-30-52(36-53,37-54)29-10-8-2/h17-28,34-35,53-54H,3,5,7-16,29-33,36-37H2,1-2,4,6H3. The number of aliphatic hydroxyl groups is 2. The van der Waals surface area contributed by atoms with Crippen molar-refractivity contribution in [2.75, 3.05) is 33.0 Å². The van der Waals surface area contributed by atoms with Crippen LogP contribution in [0.15, 0.2) is 109 Å². The summed E-state index contributed by atoms with van der Waals surface area (Å²) in [7, 11) is 0. The molecule has 4 aromatic carbocycles. The first kappa shape index (κ1) is 46.7. The highest BCUT2D eigenvalue weighted by atomic mass is 16.5. The number of hydrogen-bond acceptors (Lipinski definition) is 7. The summed E-state index contributed by atoms with van der Waals surface area (Å²) in [6.07, 6.45) is 10.2. The van der Waals surface area contributed by atoms with Crippen LogP contribution in [-0.4, -0.2) is 55.2 Å². The van der Waals surface area contributed by atoms with Gasteiger partial charge in [0.2, 0.25) is 0 Å². The van der Waals surface area contributed by atoms with Crippen molar-refractivity contribution in [2.45, 2.75) is 105 Å². The SMILES string of the molecule is C=C(C)C(=O)OCCCc1cc(-c2ccc(-c3ccc(-c4ccc(CCCCC)cc4)cc3)cc2)cc(CCCOC(=O)C(=C)C)c1OCCC(CO)(CO)CCCC. The molecule has 0 saturated carbocycles. The number of hydrogen-bond donors (Lipinski definition) is 2. The van der Waals surface area contributed by atoms with Crippen molar-refractivity contribution in [1.29, 1.82) is 0 Å². The third-order valence-electron chi connectivity index (χ3n) is 11.0. The van der Waals surface area contributed by atoms with E-state index in [-0.39, 0.29) is 26.4 Å². The van der Waals surface area contributed by atoms with E-state index in [4.69, 9.17) is 14.2 Å². The van der Waals surface area contributed by atoms with Crippen molar-refractivity contribution in [1.82, 2.24) is 0 Å². The molecule has 2 N–H and O–H groups in total. The van der Waals surface area contributed by atoms with Crippen LogP contribution in [0, 0.1) is 5.41 Å². The molecule has 0 atom stereocenters. The van der Waals surface area contributed by atoms with E-state index in [1.54, 1.807) is 13.8 Å². The third kappa shape index (κ3) is 14.4. The number of benzene rings is 4. The lowest BCUT2D eigenvalue weighted by molar-refractivity contribution is -0.139. The van der Waals surface area contributed by atoms with E-state index >= 15 is 0 Å². The summed E-state index contributed by atoms with van der Waals surface area (Å²) in [5, 5.41) is 20.6. The molecule has 0 aromatic heterocycles. The number of aliphatic hydroxyl groups excluding tert-OH is 2. The maximum absolute atomic E-state index is 12.1. The second-order valence-electron chi connectivity index (χ2n) is 16.0. The van der Waals surface area contributed by atoms with Crippen LogP contribution in [-0.2, 0) is 38.3 Å². The number of unbranched alkanes of at least 4 members (excludes halogenated alkanes) is 3. The molecule has 0 spiro atoms. The molecule has 4 aromatic rings. The molecule has 0 aliphatic rings. The van der Waals surface area contributed by atoms with Crippen molar-refractivity contribution in [3.05, 3.63) is 126 Å². The molecular formula is C52H66O7. The number of carbonyl (C=O) groups is 2. The van der Waals surface area contributed by atoms with Crippen LogP contribution >= 0.6 is 0 Å². The van der Waals surface area contributed by atoms with Crippen molar-refractivity contribution in [3.8, 4) is 39.1 Å². The molecule has 0 saturated heterocycles. The molecule has 59 heavy (non-hydrogen) atoms. The van der Waals surface area contributed by atoms with Crippen molar-refractivity contribution in [3.63, 3.8) is 0 Å². The molecule has 0 radical (unpaired) electrons. The maximum atomic E-state index is 12.1. The quantitative estimate of drug-likeness (QED) is 0.0370. The Kier molecular flexibility index (Phi) is 19.1. The first-order valence-corrected chi connectivity index (χ1v) is 21.5. The predicted molar refractivity (Wildman–Crippen MR) is 240 cm³/mol. The van der Waals surface area contributed by atoms with Gasteiger partial charge in [0, 0.05) is 16.6 Å². The Bertz CT molecular complexity index is 1880. The Morgan fingerprint density at radius 2 is 0.966 bits per heavy atom. The summed E-state index contributed by atoms with van der Waals surface area (Å²) < 4.78 is 17.5. The van der Waals surface area contributed by atoms with E-state index in [9.17, 15) is 19.8 Å². The van der Waals surface area contributed by atoms with E-state index in [1.165, 1.54) is 36.0 Å². The van der Waals surface area contributed by atoms with E-state index in [0.29, 0.717) is 56.3 Å². The van der Waals surface area contributed by atoms with Crippen LogP contribution in [0.25, 0.3) is 33.4 Å². The van der Waals surface area contributed by atoms with E-state index in [2.05, 4.69) is 112 Å². The fourth-order valence-corrected chi connectivity index (χ4v) is 7.15. The summed E-state index contributed by atoms with van der Waals surface area (Å²) in [5.74, 6) is -0.106. The fraction of sp³-hybridized carbons (Fsp3) is 0.423. The summed E-state index contributed by atoms with van der Waals surface area (Å²) in [6.45, 7) is 15.5. The smallest absolute Gasteiger partial charge is 0.333 e. The zero-order valence-corrected chi connectivity index (χ0v) is 36.0. The molecule has 0 bridgehead atoms. The topological polar surface area (TPSA) is 102 Å². The van der Waals surface area contributed by atoms with Crippen LogP contribution in [0.3, 0.4) is 0 Å². The molecular weight excluding hydrogens is 737 g/mol. The lowest BCUT2D eigenvalue weighted by Crippen LogP contribution is -2.32. The fourth-order valence-electron chi connectivity index (χ4n) is 7.15. The minimum atomic E-state index is -0.634. The molecule has 4 rings (SSSR count). The van der Waals surface area contributed by atoms with E-state index in [1.807, 2.05) is 0 Å². The monoisotopic (exact) mass is 802 g/mol. The number of aryl methyl sites for hydroxylation is 3. The van der Waals surface area contributed by atoms with Gasteiger partial charge in [-0.05, 0) is 127 Å². The van der Waals surface area contributed by atoms with Crippen LogP contribution in [0.2, 0.25) is 0 Å². The van der Waals surface area contributed by atoms with Gasteiger partial charge in [-0.25, -0.2) is 9.59 Å². The first-order chi connectivity index (χ1) is 28.5. The van der Waals surface area contributed by atoms with Gasteiger partial charge in [0.1, 0.15) is 5.75 Å². The maximum Gasteiger partial charge on any atom is 0.333 e. The average molecular weight is 803 g/mol. The average Bonchev–Trinajstić information content (AvgIpc) is 3.25. The Morgan fingerprint density at radius 3 is 1.37 bits per heavy atom. The Labute approximate surface area is 353 Å². The summed E-state index contributed by atoms with van der Waals surface area (Å²) >= 11 is 0. The summed E-state index contributed by atoms with van der Waals surface area (Å²) in [6, 6.07) is 30.5. The third-order valence-corrected chi connectivity index (χ3v) is 11.0. The normalized spacial score (nSPS) is 11.3. The number of esters is 2. The Morgan fingerprint density at radius 1 is 0.542 bits per heavy atom. The van der Waals surface area contributed by atoms with E-state index in [0.717, 1.165) is 58.4 Å². The molecule has 7 nitrogen and oxygen atoms in total. The van der Waals surface area contributed by atoms with Crippen LogP contribution < -0.4 is 4.74 Å². The van der Waals surface area contributed by atoms with E-state index < -0.39 is 17.4 Å². The zero-order valence-electron chi connectivity index (χ0n) is 36.0. The van der Waals surface area contributed by atoms with Gasteiger partial charge in [-0.1, -0.05) is 125 Å². The molecule has 0 aliphatic carbocycles. The molecule has 0 heterocycles. The first-order valence-electron chi connectivity index (χ1n) is 21.5. The Hall–Kier alpha value is -4.98. The van der Waals surface area contributed by atoms with Gasteiger partial charge in [0.15, 0.2) is 0 Å². The summed E-state index contributed by atoms with van der Waals surface area (Å²) in [5.41, 5.74) is 10.1. The van der Waals surface area contributed by atoms with Gasteiger partial charge in [-0.3, -0.25) is 0 Å². The molecule has 0 fully saturated rings. The second kappa shape index (κ2) is 24.2. The molecule has 7 heteroatoms. The molecule has 316 valence electrons. The lowest BCUT2D eigenvalue weighted by atomic mass is 9.81. The van der Waals surface area contributed by atoms with Gasteiger partial charge >= 0.3 is 11.9 Å². The highest BCUT2D eigenvalue weighted by Gasteiger charge is 2.28. The van der Waals surface area contributed by atoms with Gasteiger partial charge < -0.3 is 24.4 Å². The zero-order chi connectivity index (χ0) is 42.6. The molecule has 0 unspecified atom stereocenters. The Balaban J connectivity index is 1.62. The molecule has 0 amide bonds. The largest absolute Gasteiger partial charge is 0.493 e. The predicted octanol–water partition coefficient (Wildman–Crippen LogP) is 11.5. The number of ether oxygens (including phenoxy) is 3. The van der Waals surface area contributed by atoms with Crippen molar-refractivity contribution >= 4 is 11.9 Å². The minimum Gasteiger partial charge on any atom is -0.493 e. The van der Waals surface area contributed by atoms with Gasteiger partial charge in [-0.2, -0.15) is 0 Å². The van der Waals surface area contributed by atoms with Crippen LogP contribution in [0.1, 0.15) is 102 Å².